The molecular formula is C20H29FN2O3. The number of para-hydroxylation sites is 1. The van der Waals surface area contributed by atoms with Gasteiger partial charge in [-0.3, -0.25) is 9.59 Å². The molecular weight excluding hydrogens is 335 g/mol. The largest absolute Gasteiger partial charge is 0.481 e. The lowest BCUT2D eigenvalue weighted by Crippen LogP contribution is -2.59. The van der Waals surface area contributed by atoms with Crippen LogP contribution in [0.1, 0.15) is 40.5 Å². The Bertz CT molecular complexity index is 621. The van der Waals surface area contributed by atoms with Crippen LogP contribution in [0, 0.1) is 11.7 Å². The van der Waals surface area contributed by atoms with Crippen LogP contribution >= 0.6 is 0 Å². The number of hydrogen-bond donors (Lipinski definition) is 0. The molecule has 0 radical (unpaired) electrons. The second-order valence-electron chi connectivity index (χ2n) is 6.97. The predicted octanol–water partition coefficient (Wildman–Crippen LogP) is 3.09. The Morgan fingerprint density at radius 3 is 2.31 bits per heavy atom. The molecule has 1 aliphatic heterocycles. The minimum atomic E-state index is -0.491. The van der Waals surface area contributed by atoms with E-state index in [-0.39, 0.29) is 42.2 Å². The smallest absolute Gasteiger partial charge is 0.260 e. The Balaban J connectivity index is 1.85. The lowest BCUT2D eigenvalue weighted by molar-refractivity contribution is -0.152. The number of carbonyl (C=O) groups excluding carboxylic acids is 2. The standard InChI is InChI=1S/C20H29FN2O3/c1-5-14(3)23(15(4)6-2)20(25)16-11-22(12-16)19(24)13-26-18-10-8-7-9-17(18)21/h7-10,14-16H,5-6,11-13H2,1-4H3. The van der Waals surface area contributed by atoms with Gasteiger partial charge in [-0.2, -0.15) is 0 Å². The zero-order valence-corrected chi connectivity index (χ0v) is 16.1. The van der Waals surface area contributed by atoms with Gasteiger partial charge in [-0.05, 0) is 38.8 Å². The lowest BCUT2D eigenvalue weighted by Gasteiger charge is -2.43. The topological polar surface area (TPSA) is 49.9 Å². The number of nitrogens with zero attached hydrogens (tertiary/aromatic N) is 2. The summed E-state index contributed by atoms with van der Waals surface area (Å²) < 4.78 is 18.8. The van der Waals surface area contributed by atoms with E-state index >= 15 is 0 Å². The quantitative estimate of drug-likeness (QED) is 0.712. The van der Waals surface area contributed by atoms with Crippen LogP contribution in [0.3, 0.4) is 0 Å². The highest BCUT2D eigenvalue weighted by molar-refractivity contribution is 5.85. The highest BCUT2D eigenvalue weighted by atomic mass is 19.1. The molecule has 1 heterocycles. The molecule has 1 fully saturated rings. The van der Waals surface area contributed by atoms with Crippen molar-refractivity contribution in [3.05, 3.63) is 30.1 Å². The van der Waals surface area contributed by atoms with Crippen LogP contribution in [-0.4, -0.2) is 53.4 Å². The van der Waals surface area contributed by atoms with Crippen LogP contribution in [0.25, 0.3) is 0 Å². The third kappa shape index (κ3) is 4.54. The first kappa shape index (κ1) is 20.2. The maximum absolute atomic E-state index is 13.5. The monoisotopic (exact) mass is 364 g/mol. The molecule has 1 aliphatic rings. The molecule has 2 rings (SSSR count). The molecule has 0 bridgehead atoms. The number of hydrogen-bond acceptors (Lipinski definition) is 3. The fraction of sp³-hybridized carbons (Fsp3) is 0.600. The normalized spacial score (nSPS) is 16.6. The van der Waals surface area contributed by atoms with Crippen molar-refractivity contribution in [3.8, 4) is 5.75 Å². The molecule has 0 spiro atoms. The fourth-order valence-electron chi connectivity index (χ4n) is 3.10. The fourth-order valence-corrected chi connectivity index (χ4v) is 3.10. The van der Waals surface area contributed by atoms with Crippen molar-refractivity contribution in [1.82, 2.24) is 9.80 Å². The van der Waals surface area contributed by atoms with Crippen molar-refractivity contribution in [3.63, 3.8) is 0 Å². The number of amides is 2. The summed E-state index contributed by atoms with van der Waals surface area (Å²) in [6.07, 6.45) is 1.81. The van der Waals surface area contributed by atoms with Crippen molar-refractivity contribution in [1.29, 1.82) is 0 Å². The van der Waals surface area contributed by atoms with Gasteiger partial charge in [0.15, 0.2) is 18.2 Å². The van der Waals surface area contributed by atoms with Gasteiger partial charge < -0.3 is 14.5 Å². The minimum Gasteiger partial charge on any atom is -0.481 e. The van der Waals surface area contributed by atoms with E-state index in [4.69, 9.17) is 4.74 Å². The molecule has 2 amide bonds. The maximum Gasteiger partial charge on any atom is 0.260 e. The maximum atomic E-state index is 13.5. The summed E-state index contributed by atoms with van der Waals surface area (Å²) in [5, 5.41) is 0. The third-order valence-corrected chi connectivity index (χ3v) is 5.16. The number of rotatable bonds is 8. The SMILES string of the molecule is CCC(C)N(C(=O)C1CN(C(=O)COc2ccccc2F)C1)C(C)CC. The molecule has 1 saturated heterocycles. The molecule has 2 atom stereocenters. The van der Waals surface area contributed by atoms with Crippen molar-refractivity contribution in [2.45, 2.75) is 52.6 Å². The van der Waals surface area contributed by atoms with Crippen LogP contribution in [0.2, 0.25) is 0 Å². The van der Waals surface area contributed by atoms with Crippen LogP contribution in [0.5, 0.6) is 5.75 Å². The van der Waals surface area contributed by atoms with Crippen molar-refractivity contribution in [2.24, 2.45) is 5.92 Å². The Morgan fingerprint density at radius 1 is 1.19 bits per heavy atom. The number of halogens is 1. The summed E-state index contributed by atoms with van der Waals surface area (Å²) in [4.78, 5) is 28.6. The van der Waals surface area contributed by atoms with E-state index in [1.54, 1.807) is 17.0 Å². The van der Waals surface area contributed by atoms with E-state index < -0.39 is 5.82 Å². The van der Waals surface area contributed by atoms with E-state index in [2.05, 4.69) is 27.7 Å². The summed E-state index contributed by atoms with van der Waals surface area (Å²) in [5.41, 5.74) is 0. The van der Waals surface area contributed by atoms with Gasteiger partial charge >= 0.3 is 0 Å². The molecule has 6 heteroatoms. The second-order valence-corrected chi connectivity index (χ2v) is 6.97. The molecule has 1 aromatic carbocycles. The van der Waals surface area contributed by atoms with E-state index in [9.17, 15) is 14.0 Å². The summed E-state index contributed by atoms with van der Waals surface area (Å²) in [7, 11) is 0. The first-order valence-corrected chi connectivity index (χ1v) is 9.36. The lowest BCUT2D eigenvalue weighted by atomic mass is 9.96. The second kappa shape index (κ2) is 9.01. The Labute approximate surface area is 155 Å². The van der Waals surface area contributed by atoms with Gasteiger partial charge in [0.2, 0.25) is 5.91 Å². The minimum absolute atomic E-state index is 0.0636. The summed E-state index contributed by atoms with van der Waals surface area (Å²) in [6, 6.07) is 6.37. The summed E-state index contributed by atoms with van der Waals surface area (Å²) >= 11 is 0. The predicted molar refractivity (Wildman–Crippen MR) is 98.3 cm³/mol. The van der Waals surface area contributed by atoms with Gasteiger partial charge in [-0.1, -0.05) is 26.0 Å². The number of likely N-dealkylation sites (tertiary alicyclic amines) is 1. The average molecular weight is 364 g/mol. The number of ether oxygens (including phenoxy) is 1. The summed E-state index contributed by atoms with van der Waals surface area (Å²) in [6.45, 7) is 8.86. The van der Waals surface area contributed by atoms with E-state index in [1.165, 1.54) is 12.1 Å². The molecule has 5 nitrogen and oxygen atoms in total. The first-order valence-electron chi connectivity index (χ1n) is 9.36. The van der Waals surface area contributed by atoms with Gasteiger partial charge in [0.25, 0.3) is 5.91 Å². The van der Waals surface area contributed by atoms with Gasteiger partial charge in [0.1, 0.15) is 0 Å². The Morgan fingerprint density at radius 2 is 1.77 bits per heavy atom. The molecule has 26 heavy (non-hydrogen) atoms. The average Bonchev–Trinajstić information content (AvgIpc) is 2.59. The van der Waals surface area contributed by atoms with E-state index in [1.807, 2.05) is 4.90 Å². The highest BCUT2D eigenvalue weighted by Gasteiger charge is 2.39. The van der Waals surface area contributed by atoms with Crippen molar-refractivity contribution < 1.29 is 18.7 Å². The van der Waals surface area contributed by atoms with Gasteiger partial charge in [-0.25, -0.2) is 4.39 Å². The third-order valence-electron chi connectivity index (χ3n) is 5.16. The zero-order chi connectivity index (χ0) is 19.3. The van der Waals surface area contributed by atoms with E-state index in [0.717, 1.165) is 12.8 Å². The van der Waals surface area contributed by atoms with Crippen LogP contribution in [-0.2, 0) is 9.59 Å². The zero-order valence-electron chi connectivity index (χ0n) is 16.1. The summed E-state index contributed by atoms with van der Waals surface area (Å²) in [5.74, 6) is -0.692. The van der Waals surface area contributed by atoms with Gasteiger partial charge in [-0.15, -0.1) is 0 Å². The molecule has 2 unspecified atom stereocenters. The number of carbonyl (C=O) groups is 2. The van der Waals surface area contributed by atoms with Crippen molar-refractivity contribution >= 4 is 11.8 Å². The van der Waals surface area contributed by atoms with Crippen LogP contribution in [0.4, 0.5) is 4.39 Å². The first-order chi connectivity index (χ1) is 12.4. The molecule has 0 N–H and O–H groups in total. The molecule has 1 aromatic rings. The van der Waals surface area contributed by atoms with Crippen LogP contribution < -0.4 is 4.74 Å². The Hall–Kier alpha value is -2.11. The Kier molecular flexibility index (Phi) is 7.00. The van der Waals surface area contributed by atoms with Crippen molar-refractivity contribution in [2.75, 3.05) is 19.7 Å². The molecule has 0 aromatic heterocycles. The van der Waals surface area contributed by atoms with Crippen LogP contribution in [0.15, 0.2) is 24.3 Å². The molecule has 0 saturated carbocycles. The number of benzene rings is 1. The highest BCUT2D eigenvalue weighted by Crippen LogP contribution is 2.23. The molecule has 144 valence electrons. The van der Waals surface area contributed by atoms with Gasteiger partial charge in [0.05, 0.1) is 5.92 Å². The van der Waals surface area contributed by atoms with Gasteiger partial charge in [0, 0.05) is 25.2 Å². The molecule has 0 aliphatic carbocycles. The van der Waals surface area contributed by atoms with E-state index in [0.29, 0.717) is 13.1 Å².